The molecule has 1 fully saturated rings. The maximum atomic E-state index is 13.4. The number of ether oxygens (including phenoxy) is 1. The minimum Gasteiger partial charge on any atom is -0.355 e. The summed E-state index contributed by atoms with van der Waals surface area (Å²) in [7, 11) is 0. The maximum absolute atomic E-state index is 13.4. The number of nitrogens with zero attached hydrogens (tertiary/aromatic N) is 2. The van der Waals surface area contributed by atoms with Gasteiger partial charge in [-0.05, 0) is 62.4 Å². The zero-order valence-corrected chi connectivity index (χ0v) is 19.2. The van der Waals surface area contributed by atoms with Crippen LogP contribution >= 0.6 is 11.3 Å². The minimum absolute atomic E-state index is 0.226. The van der Waals surface area contributed by atoms with Crippen molar-refractivity contribution >= 4 is 11.3 Å². The van der Waals surface area contributed by atoms with E-state index in [-0.39, 0.29) is 11.9 Å². The number of halogens is 1. The summed E-state index contributed by atoms with van der Waals surface area (Å²) in [6.45, 7) is 11.7. The van der Waals surface area contributed by atoms with Crippen LogP contribution in [0.1, 0.15) is 47.6 Å². The topological polar surface area (TPSA) is 25.4 Å². The largest absolute Gasteiger partial charge is 0.355 e. The van der Waals surface area contributed by atoms with E-state index >= 15 is 0 Å². The Hall–Kier alpha value is -2.34. The zero-order valence-electron chi connectivity index (χ0n) is 18.4. The molecule has 2 heterocycles. The molecular weight excluding hydrogens is 407 g/mol. The second-order valence-corrected chi connectivity index (χ2v) is 9.48. The van der Waals surface area contributed by atoms with Crippen molar-refractivity contribution in [1.82, 2.24) is 9.88 Å². The second kappa shape index (κ2) is 9.03. The summed E-state index contributed by atoms with van der Waals surface area (Å²) in [4.78, 5) is 8.13. The molecule has 3 nitrogen and oxygen atoms in total. The fourth-order valence-electron chi connectivity index (χ4n) is 4.39. The van der Waals surface area contributed by atoms with E-state index in [4.69, 9.17) is 4.74 Å². The van der Waals surface area contributed by atoms with Crippen LogP contribution in [0.3, 0.4) is 0 Å². The molecule has 0 bridgehead atoms. The normalized spacial score (nSPS) is 20.5. The molecule has 31 heavy (non-hydrogen) atoms. The molecule has 0 amide bonds. The van der Waals surface area contributed by atoms with Crippen LogP contribution < -0.4 is 0 Å². The summed E-state index contributed by atoms with van der Waals surface area (Å²) < 4.78 is 19.8. The monoisotopic (exact) mass is 436 g/mol. The predicted octanol–water partition coefficient (Wildman–Crippen LogP) is 6.78. The van der Waals surface area contributed by atoms with Crippen molar-refractivity contribution in [3.63, 3.8) is 0 Å². The number of thiazole rings is 1. The first-order chi connectivity index (χ1) is 14.9. The van der Waals surface area contributed by atoms with Gasteiger partial charge < -0.3 is 4.74 Å². The molecule has 2 aromatic carbocycles. The quantitative estimate of drug-likeness (QED) is 0.398. The van der Waals surface area contributed by atoms with Gasteiger partial charge in [-0.25, -0.2) is 9.37 Å². The predicted molar refractivity (Wildman–Crippen MR) is 126 cm³/mol. The smallest absolute Gasteiger partial charge is 0.123 e. The Morgan fingerprint density at radius 1 is 1.19 bits per heavy atom. The Morgan fingerprint density at radius 3 is 2.45 bits per heavy atom. The van der Waals surface area contributed by atoms with Gasteiger partial charge in [0, 0.05) is 12.6 Å². The summed E-state index contributed by atoms with van der Waals surface area (Å²) in [5.41, 5.74) is 4.16. The second-order valence-electron chi connectivity index (χ2n) is 8.28. The molecule has 0 radical (unpaired) electrons. The summed E-state index contributed by atoms with van der Waals surface area (Å²) in [6, 6.07) is 15.7. The Kier molecular flexibility index (Phi) is 6.37. The van der Waals surface area contributed by atoms with Gasteiger partial charge >= 0.3 is 0 Å². The van der Waals surface area contributed by atoms with Crippen molar-refractivity contribution in [2.45, 2.75) is 45.3 Å². The first-order valence-electron chi connectivity index (χ1n) is 10.7. The summed E-state index contributed by atoms with van der Waals surface area (Å²) in [6.07, 6.45) is 3.44. The number of hydrogen-bond donors (Lipinski definition) is 0. The lowest BCUT2D eigenvalue weighted by molar-refractivity contribution is -0.152. The van der Waals surface area contributed by atoms with Gasteiger partial charge in [0.1, 0.15) is 12.5 Å². The lowest BCUT2D eigenvalue weighted by atomic mass is 9.85. The standard InChI is InChI=1S/C26H29FN2OS/c1-5-14-26(23-10-12-24(27)13-11-23)15-16-29(17-30-26)19(3)21-6-8-22(9-7-21)25-18(2)28-20(4)31-25/h5-13,19H,1,14-17H2,2-4H3. The van der Waals surface area contributed by atoms with Gasteiger partial charge in [0.15, 0.2) is 0 Å². The first kappa shape index (κ1) is 21.9. The molecule has 1 aromatic heterocycles. The van der Waals surface area contributed by atoms with Crippen molar-refractivity contribution in [1.29, 1.82) is 0 Å². The van der Waals surface area contributed by atoms with Crippen LogP contribution in [0.4, 0.5) is 4.39 Å². The van der Waals surface area contributed by atoms with Crippen molar-refractivity contribution in [3.8, 4) is 10.4 Å². The molecule has 0 saturated carbocycles. The number of aryl methyl sites for hydroxylation is 2. The fourth-order valence-corrected chi connectivity index (χ4v) is 5.31. The molecule has 162 valence electrons. The molecule has 0 spiro atoms. The SMILES string of the molecule is C=CCC1(c2ccc(F)cc2)CCN(C(C)c2ccc(-c3sc(C)nc3C)cc2)CO1. The first-order valence-corrected chi connectivity index (χ1v) is 11.5. The van der Waals surface area contributed by atoms with E-state index in [1.807, 2.05) is 25.1 Å². The highest BCUT2D eigenvalue weighted by Gasteiger charge is 2.37. The molecule has 0 aliphatic carbocycles. The van der Waals surface area contributed by atoms with Crippen LogP contribution in [0.2, 0.25) is 0 Å². The summed E-state index contributed by atoms with van der Waals surface area (Å²) >= 11 is 1.74. The highest BCUT2D eigenvalue weighted by Crippen LogP contribution is 2.39. The molecule has 2 unspecified atom stereocenters. The van der Waals surface area contributed by atoms with Gasteiger partial charge in [-0.1, -0.05) is 42.5 Å². The number of aromatic nitrogens is 1. The van der Waals surface area contributed by atoms with Crippen molar-refractivity contribution < 1.29 is 9.13 Å². The fraction of sp³-hybridized carbons (Fsp3) is 0.346. The van der Waals surface area contributed by atoms with Gasteiger partial charge in [-0.15, -0.1) is 17.9 Å². The highest BCUT2D eigenvalue weighted by molar-refractivity contribution is 7.15. The van der Waals surface area contributed by atoms with Crippen LogP contribution in [0.15, 0.2) is 61.2 Å². The molecule has 1 aliphatic heterocycles. The average Bonchev–Trinajstić information content (AvgIpc) is 3.12. The zero-order chi connectivity index (χ0) is 22.0. The minimum atomic E-state index is -0.433. The van der Waals surface area contributed by atoms with Gasteiger partial charge in [0.2, 0.25) is 0 Å². The molecule has 1 saturated heterocycles. The van der Waals surface area contributed by atoms with Gasteiger partial charge in [0.05, 0.1) is 21.2 Å². The van der Waals surface area contributed by atoms with E-state index in [9.17, 15) is 4.39 Å². The van der Waals surface area contributed by atoms with Crippen LogP contribution in [-0.2, 0) is 10.3 Å². The van der Waals surface area contributed by atoms with Gasteiger partial charge in [-0.2, -0.15) is 0 Å². The molecule has 4 rings (SSSR count). The molecule has 5 heteroatoms. The molecule has 0 N–H and O–H groups in total. The van der Waals surface area contributed by atoms with Crippen LogP contribution in [0.25, 0.3) is 10.4 Å². The van der Waals surface area contributed by atoms with Gasteiger partial charge in [0.25, 0.3) is 0 Å². The Balaban J connectivity index is 1.47. The average molecular weight is 437 g/mol. The Morgan fingerprint density at radius 2 is 1.90 bits per heavy atom. The van der Waals surface area contributed by atoms with Crippen molar-refractivity contribution in [2.75, 3.05) is 13.3 Å². The molecule has 2 atom stereocenters. The maximum Gasteiger partial charge on any atom is 0.123 e. The molecule has 3 aromatic rings. The Labute approximate surface area is 188 Å². The lowest BCUT2D eigenvalue weighted by Gasteiger charge is -2.44. The highest BCUT2D eigenvalue weighted by atomic mass is 32.1. The van der Waals surface area contributed by atoms with E-state index in [0.29, 0.717) is 13.2 Å². The van der Waals surface area contributed by atoms with Gasteiger partial charge in [-0.3, -0.25) is 4.90 Å². The third-order valence-corrected chi connectivity index (χ3v) is 7.38. The lowest BCUT2D eigenvalue weighted by Crippen LogP contribution is -2.45. The third kappa shape index (κ3) is 4.49. The third-order valence-electron chi connectivity index (χ3n) is 6.26. The number of hydrogen-bond acceptors (Lipinski definition) is 4. The molecule has 1 aliphatic rings. The summed E-state index contributed by atoms with van der Waals surface area (Å²) in [5.74, 6) is -0.226. The molecular formula is C26H29FN2OS. The van der Waals surface area contributed by atoms with E-state index in [0.717, 1.165) is 29.2 Å². The van der Waals surface area contributed by atoms with E-state index in [1.165, 1.54) is 28.1 Å². The van der Waals surface area contributed by atoms with E-state index in [2.05, 4.69) is 54.6 Å². The summed E-state index contributed by atoms with van der Waals surface area (Å²) in [5, 5.41) is 1.10. The van der Waals surface area contributed by atoms with E-state index in [1.54, 1.807) is 11.3 Å². The van der Waals surface area contributed by atoms with Crippen LogP contribution in [-0.4, -0.2) is 23.2 Å². The Bertz CT molecular complexity index is 1030. The van der Waals surface area contributed by atoms with Crippen molar-refractivity contribution in [3.05, 3.63) is 88.8 Å². The van der Waals surface area contributed by atoms with E-state index < -0.39 is 5.60 Å². The van der Waals surface area contributed by atoms with Crippen LogP contribution in [0, 0.1) is 19.7 Å². The number of rotatable bonds is 6. The van der Waals surface area contributed by atoms with Crippen molar-refractivity contribution in [2.24, 2.45) is 0 Å². The number of benzene rings is 2. The van der Waals surface area contributed by atoms with Crippen LogP contribution in [0.5, 0.6) is 0 Å².